The van der Waals surface area contributed by atoms with Gasteiger partial charge in [0.05, 0.1) is 18.2 Å². The number of H-pyrrole nitrogens is 1. The highest BCUT2D eigenvalue weighted by molar-refractivity contribution is 5.85. The van der Waals surface area contributed by atoms with E-state index in [0.29, 0.717) is 31.7 Å². The van der Waals surface area contributed by atoms with E-state index >= 15 is 0 Å². The lowest BCUT2D eigenvalue weighted by atomic mass is 10.0. The molecule has 4 rings (SSSR count). The van der Waals surface area contributed by atoms with E-state index in [2.05, 4.69) is 23.3 Å². The van der Waals surface area contributed by atoms with Gasteiger partial charge in [-0.25, -0.2) is 0 Å². The topological polar surface area (TPSA) is 68.4 Å². The van der Waals surface area contributed by atoms with E-state index in [4.69, 9.17) is 0 Å². The standard InChI is InChI=1S/C26H29F3N4O2/c1-16-17(2)31-23-9-4-19(12-22(16)23)13-30-25(35)15-32-10-11-33(18(3)34)24(14-32)20-5-7-21(8-6-20)26(27,28)29/h4-9,12,24,31H,10-11,13-15H2,1-3H3,(H,30,35)/t24-/m1/s1. The highest BCUT2D eigenvalue weighted by atomic mass is 19.4. The van der Waals surface area contributed by atoms with E-state index in [-0.39, 0.29) is 18.4 Å². The Morgan fingerprint density at radius 2 is 1.80 bits per heavy atom. The minimum absolute atomic E-state index is 0.144. The van der Waals surface area contributed by atoms with Gasteiger partial charge in [-0.2, -0.15) is 13.2 Å². The molecular weight excluding hydrogens is 457 g/mol. The van der Waals surface area contributed by atoms with Crippen LogP contribution in [0.5, 0.6) is 0 Å². The molecule has 1 saturated heterocycles. The summed E-state index contributed by atoms with van der Waals surface area (Å²) in [6.07, 6.45) is -4.42. The second-order valence-corrected chi connectivity index (χ2v) is 9.11. The molecule has 2 N–H and O–H groups in total. The van der Waals surface area contributed by atoms with Crippen LogP contribution in [0.3, 0.4) is 0 Å². The highest BCUT2D eigenvalue weighted by Gasteiger charge is 2.33. The fourth-order valence-corrected chi connectivity index (χ4v) is 4.62. The van der Waals surface area contributed by atoms with Gasteiger partial charge in [0.25, 0.3) is 0 Å². The van der Waals surface area contributed by atoms with Crippen molar-refractivity contribution < 1.29 is 22.8 Å². The molecular formula is C26H29F3N4O2. The highest BCUT2D eigenvalue weighted by Crippen LogP contribution is 2.32. The molecule has 0 unspecified atom stereocenters. The molecule has 1 aliphatic rings. The van der Waals surface area contributed by atoms with Gasteiger partial charge < -0.3 is 15.2 Å². The van der Waals surface area contributed by atoms with Gasteiger partial charge >= 0.3 is 6.18 Å². The van der Waals surface area contributed by atoms with Gasteiger partial charge in [-0.05, 0) is 54.8 Å². The average Bonchev–Trinajstić information content (AvgIpc) is 3.10. The molecule has 0 saturated carbocycles. The van der Waals surface area contributed by atoms with Gasteiger partial charge in [0.2, 0.25) is 11.8 Å². The second-order valence-electron chi connectivity index (χ2n) is 9.11. The number of aromatic amines is 1. The fraction of sp³-hybridized carbons (Fsp3) is 0.385. The molecule has 1 aliphatic heterocycles. The number of aryl methyl sites for hydroxylation is 2. The largest absolute Gasteiger partial charge is 0.416 e. The van der Waals surface area contributed by atoms with E-state index in [1.807, 2.05) is 24.0 Å². The number of alkyl halides is 3. The van der Waals surface area contributed by atoms with Crippen LogP contribution in [0, 0.1) is 13.8 Å². The lowest BCUT2D eigenvalue weighted by Gasteiger charge is -2.41. The van der Waals surface area contributed by atoms with Crippen LogP contribution in [0.1, 0.15) is 40.9 Å². The molecule has 0 aliphatic carbocycles. The SMILES string of the molecule is CC(=O)N1CCN(CC(=O)NCc2ccc3[nH]c(C)c(C)c3c2)C[C@@H]1c1ccc(C(F)(F)F)cc1. The predicted molar refractivity (Wildman–Crippen MR) is 128 cm³/mol. The van der Waals surface area contributed by atoms with Crippen molar-refractivity contribution in [2.45, 2.75) is 39.5 Å². The fourth-order valence-electron chi connectivity index (χ4n) is 4.62. The summed E-state index contributed by atoms with van der Waals surface area (Å²) in [5.41, 5.74) is 4.25. The molecule has 2 amide bonds. The van der Waals surface area contributed by atoms with Gasteiger partial charge in [-0.3, -0.25) is 14.5 Å². The third-order valence-corrected chi connectivity index (χ3v) is 6.72. The number of hydrogen-bond acceptors (Lipinski definition) is 3. The van der Waals surface area contributed by atoms with Gasteiger partial charge in [0.15, 0.2) is 0 Å². The average molecular weight is 487 g/mol. The molecule has 1 aromatic heterocycles. The Balaban J connectivity index is 1.39. The Morgan fingerprint density at radius 3 is 2.46 bits per heavy atom. The van der Waals surface area contributed by atoms with E-state index < -0.39 is 17.8 Å². The van der Waals surface area contributed by atoms with E-state index in [1.54, 1.807) is 4.90 Å². The van der Waals surface area contributed by atoms with Crippen molar-refractivity contribution in [2.24, 2.45) is 0 Å². The number of fused-ring (bicyclic) bond motifs is 1. The van der Waals surface area contributed by atoms with Gasteiger partial charge in [0, 0.05) is 49.7 Å². The zero-order chi connectivity index (χ0) is 25.3. The summed E-state index contributed by atoms with van der Waals surface area (Å²) in [6, 6.07) is 10.5. The summed E-state index contributed by atoms with van der Waals surface area (Å²) < 4.78 is 38.8. The zero-order valence-electron chi connectivity index (χ0n) is 20.0. The Kier molecular flexibility index (Phi) is 6.89. The number of carbonyl (C=O) groups is 2. The molecule has 9 heteroatoms. The molecule has 3 aromatic rings. The number of aromatic nitrogens is 1. The number of piperazine rings is 1. The van der Waals surface area contributed by atoms with Crippen molar-refractivity contribution >= 4 is 22.7 Å². The third kappa shape index (κ3) is 5.51. The van der Waals surface area contributed by atoms with Crippen molar-refractivity contribution in [1.82, 2.24) is 20.1 Å². The Bertz CT molecular complexity index is 1230. The number of benzene rings is 2. The summed E-state index contributed by atoms with van der Waals surface area (Å²) in [4.78, 5) is 31.7. The molecule has 6 nitrogen and oxygen atoms in total. The first kappa shape index (κ1) is 24.8. The summed E-state index contributed by atoms with van der Waals surface area (Å²) >= 11 is 0. The summed E-state index contributed by atoms with van der Waals surface area (Å²) in [5, 5.41) is 4.09. The summed E-state index contributed by atoms with van der Waals surface area (Å²) in [7, 11) is 0. The molecule has 0 bridgehead atoms. The van der Waals surface area contributed by atoms with Crippen LogP contribution >= 0.6 is 0 Å². The van der Waals surface area contributed by atoms with Crippen molar-refractivity contribution in [3.05, 3.63) is 70.4 Å². The molecule has 2 aromatic carbocycles. The maximum Gasteiger partial charge on any atom is 0.416 e. The zero-order valence-corrected chi connectivity index (χ0v) is 20.0. The monoisotopic (exact) mass is 486 g/mol. The Morgan fingerprint density at radius 1 is 1.09 bits per heavy atom. The number of hydrogen-bond donors (Lipinski definition) is 2. The van der Waals surface area contributed by atoms with Crippen LogP contribution in [-0.4, -0.2) is 52.8 Å². The summed E-state index contributed by atoms with van der Waals surface area (Å²) in [5.74, 6) is -0.292. The van der Waals surface area contributed by atoms with Crippen molar-refractivity contribution in [2.75, 3.05) is 26.2 Å². The van der Waals surface area contributed by atoms with E-state index in [0.717, 1.165) is 34.3 Å². The Labute approximate surface area is 202 Å². The number of halogens is 3. The molecule has 0 radical (unpaired) electrons. The number of amides is 2. The van der Waals surface area contributed by atoms with Crippen LogP contribution < -0.4 is 5.32 Å². The maximum atomic E-state index is 12.9. The minimum atomic E-state index is -4.42. The Hall–Kier alpha value is -3.33. The molecule has 0 spiro atoms. The van der Waals surface area contributed by atoms with Gasteiger partial charge in [0.1, 0.15) is 0 Å². The molecule has 186 valence electrons. The number of rotatable bonds is 5. The van der Waals surface area contributed by atoms with Crippen molar-refractivity contribution in [3.63, 3.8) is 0 Å². The first-order valence-corrected chi connectivity index (χ1v) is 11.5. The van der Waals surface area contributed by atoms with Crippen LogP contribution in [0.25, 0.3) is 10.9 Å². The smallest absolute Gasteiger partial charge is 0.358 e. The number of nitrogens with zero attached hydrogens (tertiary/aromatic N) is 2. The van der Waals surface area contributed by atoms with Crippen molar-refractivity contribution in [3.8, 4) is 0 Å². The van der Waals surface area contributed by atoms with Crippen LogP contribution in [-0.2, 0) is 22.3 Å². The second kappa shape index (κ2) is 9.73. The van der Waals surface area contributed by atoms with E-state index in [1.165, 1.54) is 24.6 Å². The molecule has 2 heterocycles. The van der Waals surface area contributed by atoms with Crippen LogP contribution in [0.2, 0.25) is 0 Å². The van der Waals surface area contributed by atoms with Gasteiger partial charge in [-0.15, -0.1) is 0 Å². The lowest BCUT2D eigenvalue weighted by Crippen LogP contribution is -2.52. The minimum Gasteiger partial charge on any atom is -0.358 e. The van der Waals surface area contributed by atoms with Gasteiger partial charge in [-0.1, -0.05) is 18.2 Å². The van der Waals surface area contributed by atoms with E-state index in [9.17, 15) is 22.8 Å². The molecule has 1 atom stereocenters. The lowest BCUT2D eigenvalue weighted by molar-refractivity contribution is -0.138. The predicted octanol–water partition coefficient (Wildman–Crippen LogP) is 4.33. The molecule has 1 fully saturated rings. The first-order valence-electron chi connectivity index (χ1n) is 11.5. The number of nitrogens with one attached hydrogen (secondary N) is 2. The van der Waals surface area contributed by atoms with Crippen LogP contribution in [0.4, 0.5) is 13.2 Å². The number of carbonyl (C=O) groups excluding carboxylic acids is 2. The summed E-state index contributed by atoms with van der Waals surface area (Å²) in [6.45, 7) is 7.36. The first-order chi connectivity index (χ1) is 16.5. The quantitative estimate of drug-likeness (QED) is 0.564. The normalized spacial score (nSPS) is 17.1. The molecule has 35 heavy (non-hydrogen) atoms. The maximum absolute atomic E-state index is 12.9. The third-order valence-electron chi connectivity index (χ3n) is 6.72. The van der Waals surface area contributed by atoms with Crippen LogP contribution in [0.15, 0.2) is 42.5 Å². The van der Waals surface area contributed by atoms with Crippen molar-refractivity contribution in [1.29, 1.82) is 0 Å².